The van der Waals surface area contributed by atoms with Crippen molar-refractivity contribution in [1.29, 1.82) is 0 Å². The minimum Gasteiger partial charge on any atom is -0.481 e. The number of aliphatic hydroxyl groups is 1. The van der Waals surface area contributed by atoms with Gasteiger partial charge in [-0.2, -0.15) is 0 Å². The fourth-order valence-electron chi connectivity index (χ4n) is 4.23. The van der Waals surface area contributed by atoms with E-state index in [1.165, 1.54) is 12.0 Å². The zero-order valence-corrected chi connectivity index (χ0v) is 17.8. The molecule has 0 radical (unpaired) electrons. The standard InChI is InChI=1S/C24H35ClO3/c1-2-3-6-10-22(26)18-12-14-20(15-13-18)24-19(16-17-21(24)25)9-7-4-5-8-11-23(27)28/h4,7,12-15,19,21-22,24,26H,2-3,5-6,8-11,16-17H2,1H3,(H,27,28)/t19-,21+,22+,24-/m0/s1. The predicted molar refractivity (Wildman–Crippen MR) is 116 cm³/mol. The van der Waals surface area contributed by atoms with Crippen LogP contribution in [0.2, 0.25) is 0 Å². The van der Waals surface area contributed by atoms with Gasteiger partial charge in [0.05, 0.1) is 6.10 Å². The number of allylic oxidation sites excluding steroid dienone is 2. The van der Waals surface area contributed by atoms with Gasteiger partial charge in [0.25, 0.3) is 0 Å². The summed E-state index contributed by atoms with van der Waals surface area (Å²) in [5.74, 6) is 0.142. The van der Waals surface area contributed by atoms with Crippen LogP contribution in [0, 0.1) is 5.92 Å². The first-order valence-electron chi connectivity index (χ1n) is 10.8. The second kappa shape index (κ2) is 12.3. The van der Waals surface area contributed by atoms with Crippen molar-refractivity contribution in [2.45, 2.75) is 88.5 Å². The molecule has 0 saturated heterocycles. The van der Waals surface area contributed by atoms with Crippen LogP contribution >= 0.6 is 11.6 Å². The summed E-state index contributed by atoms with van der Waals surface area (Å²) < 4.78 is 0. The molecular formula is C24H35ClO3. The lowest BCUT2D eigenvalue weighted by Gasteiger charge is -2.22. The summed E-state index contributed by atoms with van der Waals surface area (Å²) in [5.41, 5.74) is 2.27. The molecule has 1 aliphatic rings. The van der Waals surface area contributed by atoms with Crippen molar-refractivity contribution in [2.24, 2.45) is 5.92 Å². The van der Waals surface area contributed by atoms with E-state index in [4.69, 9.17) is 16.7 Å². The predicted octanol–water partition coefficient (Wildman–Crippen LogP) is 6.60. The zero-order valence-electron chi connectivity index (χ0n) is 17.0. The number of aliphatic carboxylic acids is 1. The van der Waals surface area contributed by atoms with Gasteiger partial charge in [0, 0.05) is 17.7 Å². The molecular weight excluding hydrogens is 372 g/mol. The number of alkyl halides is 1. The van der Waals surface area contributed by atoms with E-state index in [1.807, 2.05) is 0 Å². The first kappa shape index (κ1) is 23.0. The number of hydrogen-bond donors (Lipinski definition) is 2. The second-order valence-electron chi connectivity index (χ2n) is 8.05. The van der Waals surface area contributed by atoms with Crippen LogP contribution in [0.4, 0.5) is 0 Å². The van der Waals surface area contributed by atoms with E-state index in [-0.39, 0.29) is 17.9 Å². The first-order chi connectivity index (χ1) is 13.5. The summed E-state index contributed by atoms with van der Waals surface area (Å²) in [6.07, 6.45) is 13.0. The van der Waals surface area contributed by atoms with Crippen LogP contribution in [0.5, 0.6) is 0 Å². The number of rotatable bonds is 12. The number of hydrogen-bond acceptors (Lipinski definition) is 2. The maximum atomic E-state index is 10.6. The largest absolute Gasteiger partial charge is 0.481 e. The van der Waals surface area contributed by atoms with Crippen molar-refractivity contribution in [3.05, 3.63) is 47.5 Å². The van der Waals surface area contributed by atoms with Crippen LogP contribution in [-0.2, 0) is 4.79 Å². The minimum atomic E-state index is -0.729. The summed E-state index contributed by atoms with van der Waals surface area (Å²) in [4.78, 5) is 10.6. The fourth-order valence-corrected chi connectivity index (χ4v) is 4.71. The fraction of sp³-hybridized carbons (Fsp3) is 0.625. The Labute approximate surface area is 174 Å². The van der Waals surface area contributed by atoms with Gasteiger partial charge >= 0.3 is 5.97 Å². The molecule has 0 aromatic heterocycles. The van der Waals surface area contributed by atoms with Crippen LogP contribution in [0.3, 0.4) is 0 Å². The highest BCUT2D eigenvalue weighted by Crippen LogP contribution is 2.45. The van der Waals surface area contributed by atoms with Gasteiger partial charge in [-0.15, -0.1) is 11.6 Å². The third-order valence-corrected chi connectivity index (χ3v) is 6.35. The van der Waals surface area contributed by atoms with Gasteiger partial charge in [-0.05, 0) is 55.6 Å². The van der Waals surface area contributed by atoms with Crippen LogP contribution in [-0.4, -0.2) is 21.6 Å². The van der Waals surface area contributed by atoms with E-state index in [0.29, 0.717) is 18.3 Å². The summed E-state index contributed by atoms with van der Waals surface area (Å²) in [5, 5.41) is 19.2. The molecule has 2 N–H and O–H groups in total. The number of aliphatic hydroxyl groups excluding tert-OH is 1. The number of unbranched alkanes of at least 4 members (excludes halogenated alkanes) is 3. The van der Waals surface area contributed by atoms with Gasteiger partial charge in [-0.3, -0.25) is 4.79 Å². The molecule has 1 aliphatic carbocycles. The van der Waals surface area contributed by atoms with E-state index in [0.717, 1.165) is 50.5 Å². The molecule has 0 amide bonds. The number of halogens is 1. The Hall–Kier alpha value is -1.32. The molecule has 1 aromatic rings. The molecule has 3 nitrogen and oxygen atoms in total. The molecule has 4 heteroatoms. The molecule has 1 saturated carbocycles. The Morgan fingerprint density at radius 3 is 2.61 bits per heavy atom. The molecule has 4 atom stereocenters. The van der Waals surface area contributed by atoms with Crippen molar-refractivity contribution >= 4 is 17.6 Å². The number of carboxylic acids is 1. The maximum absolute atomic E-state index is 10.6. The van der Waals surface area contributed by atoms with Crippen molar-refractivity contribution in [3.8, 4) is 0 Å². The monoisotopic (exact) mass is 406 g/mol. The molecule has 0 spiro atoms. The van der Waals surface area contributed by atoms with Crippen molar-refractivity contribution < 1.29 is 15.0 Å². The zero-order chi connectivity index (χ0) is 20.4. The molecule has 28 heavy (non-hydrogen) atoms. The maximum Gasteiger partial charge on any atom is 0.303 e. The van der Waals surface area contributed by atoms with Crippen molar-refractivity contribution in [3.63, 3.8) is 0 Å². The summed E-state index contributed by atoms with van der Waals surface area (Å²) in [6.45, 7) is 2.17. The Morgan fingerprint density at radius 2 is 1.93 bits per heavy atom. The van der Waals surface area contributed by atoms with E-state index in [1.54, 1.807) is 0 Å². The van der Waals surface area contributed by atoms with Gasteiger partial charge in [-0.1, -0.05) is 62.6 Å². The molecule has 1 aromatic carbocycles. The summed E-state index contributed by atoms with van der Waals surface area (Å²) in [6, 6.07) is 8.42. The van der Waals surface area contributed by atoms with E-state index in [9.17, 15) is 9.90 Å². The molecule has 0 bridgehead atoms. The van der Waals surface area contributed by atoms with Gasteiger partial charge < -0.3 is 10.2 Å². The van der Waals surface area contributed by atoms with Crippen molar-refractivity contribution in [1.82, 2.24) is 0 Å². The Kier molecular flexibility index (Phi) is 10.1. The van der Waals surface area contributed by atoms with Crippen LogP contribution < -0.4 is 0 Å². The third-order valence-electron chi connectivity index (χ3n) is 5.86. The van der Waals surface area contributed by atoms with Gasteiger partial charge in [0.1, 0.15) is 0 Å². The lowest BCUT2D eigenvalue weighted by molar-refractivity contribution is -0.137. The second-order valence-corrected chi connectivity index (χ2v) is 8.61. The van der Waals surface area contributed by atoms with E-state index >= 15 is 0 Å². The topological polar surface area (TPSA) is 57.5 Å². The number of carbonyl (C=O) groups is 1. The lowest BCUT2D eigenvalue weighted by Crippen LogP contribution is -2.13. The quantitative estimate of drug-likeness (QED) is 0.233. The third kappa shape index (κ3) is 7.25. The molecule has 1 fully saturated rings. The highest BCUT2D eigenvalue weighted by Gasteiger charge is 2.35. The van der Waals surface area contributed by atoms with E-state index < -0.39 is 5.97 Å². The minimum absolute atomic E-state index is 0.158. The molecule has 0 unspecified atom stereocenters. The first-order valence-corrected chi connectivity index (χ1v) is 11.2. The normalized spacial score (nSPS) is 23.3. The average Bonchev–Trinajstić information content (AvgIpc) is 3.05. The van der Waals surface area contributed by atoms with Crippen LogP contribution in [0.15, 0.2) is 36.4 Å². The molecule has 0 heterocycles. The Bertz CT molecular complexity index is 611. The highest BCUT2D eigenvalue weighted by atomic mass is 35.5. The molecule has 156 valence electrons. The number of carboxylic acid groups (broad SMARTS) is 1. The summed E-state index contributed by atoms with van der Waals surface area (Å²) >= 11 is 6.65. The van der Waals surface area contributed by atoms with Crippen molar-refractivity contribution in [2.75, 3.05) is 0 Å². The lowest BCUT2D eigenvalue weighted by atomic mass is 9.85. The van der Waals surface area contributed by atoms with Crippen LogP contribution in [0.25, 0.3) is 0 Å². The molecule has 2 rings (SSSR count). The van der Waals surface area contributed by atoms with E-state index in [2.05, 4.69) is 43.3 Å². The Morgan fingerprint density at radius 1 is 1.18 bits per heavy atom. The Balaban J connectivity index is 1.90. The molecule has 0 aliphatic heterocycles. The number of benzene rings is 1. The SMILES string of the molecule is CCCCC[C@@H](O)c1ccc([C@@H]2[C@@H](CC=CCCCC(=O)O)CC[C@H]2Cl)cc1. The van der Waals surface area contributed by atoms with Gasteiger partial charge in [0.2, 0.25) is 0 Å². The summed E-state index contributed by atoms with van der Waals surface area (Å²) in [7, 11) is 0. The van der Waals surface area contributed by atoms with Gasteiger partial charge in [-0.25, -0.2) is 0 Å². The van der Waals surface area contributed by atoms with Crippen LogP contribution in [0.1, 0.15) is 94.3 Å². The van der Waals surface area contributed by atoms with Gasteiger partial charge in [0.15, 0.2) is 0 Å². The smallest absolute Gasteiger partial charge is 0.303 e. The highest BCUT2D eigenvalue weighted by molar-refractivity contribution is 6.21. The average molecular weight is 407 g/mol.